The first kappa shape index (κ1) is 15.5. The summed E-state index contributed by atoms with van der Waals surface area (Å²) in [6.45, 7) is 1.60. The average Bonchev–Trinajstić information content (AvgIpc) is 2.90. The van der Waals surface area contributed by atoms with Gasteiger partial charge in [-0.15, -0.1) is 0 Å². The van der Waals surface area contributed by atoms with E-state index in [0.29, 0.717) is 5.57 Å². The van der Waals surface area contributed by atoms with Crippen LogP contribution in [0, 0.1) is 11.8 Å². The van der Waals surface area contributed by atoms with Gasteiger partial charge in [-0.05, 0) is 37.5 Å². The number of nitrogens with zero attached hydrogens (tertiary/aromatic N) is 2. The maximum atomic E-state index is 12.5. The molecule has 4 atom stereocenters. The van der Waals surface area contributed by atoms with Crippen LogP contribution in [0.2, 0.25) is 0 Å². The van der Waals surface area contributed by atoms with Gasteiger partial charge in [-0.3, -0.25) is 9.78 Å². The largest absolute Gasteiger partial charge is 0.477 e. The van der Waals surface area contributed by atoms with Crippen LogP contribution in [-0.4, -0.2) is 44.1 Å². The maximum Gasteiger partial charge on any atom is 0.352 e. The number of amides is 1. The zero-order valence-electron chi connectivity index (χ0n) is 14.2. The standard InChI is InChI=1S/C20H18N2O4/c1-9(23)15-17-11-6-7-14-12(8-10-4-2-3-5-13(10)21-14)16(11)18(20(25)26)22(17)19(15)24/h2-5,8-9,11,15,17,23H,6-7H2,1H3,(H,25,26)/t9-,11+,15-,17-/m1/s1. The van der Waals surface area contributed by atoms with Crippen molar-refractivity contribution in [1.82, 2.24) is 9.88 Å². The van der Waals surface area contributed by atoms with Gasteiger partial charge in [-0.1, -0.05) is 18.2 Å². The van der Waals surface area contributed by atoms with Crippen molar-refractivity contribution in [2.45, 2.75) is 31.9 Å². The Labute approximate surface area is 149 Å². The number of para-hydroxylation sites is 1. The number of fused-ring (bicyclic) bond motifs is 6. The summed E-state index contributed by atoms with van der Waals surface area (Å²) in [6.07, 6.45) is 0.697. The predicted octanol–water partition coefficient (Wildman–Crippen LogP) is 1.81. The van der Waals surface area contributed by atoms with Crippen LogP contribution < -0.4 is 0 Å². The molecule has 2 aliphatic heterocycles. The Morgan fingerprint density at radius 2 is 2.12 bits per heavy atom. The molecular formula is C20H18N2O4. The van der Waals surface area contributed by atoms with Gasteiger partial charge in [0.25, 0.3) is 0 Å². The van der Waals surface area contributed by atoms with Crippen molar-refractivity contribution in [3.8, 4) is 0 Å². The Morgan fingerprint density at radius 3 is 2.85 bits per heavy atom. The molecule has 0 unspecified atom stereocenters. The molecule has 0 spiro atoms. The highest BCUT2D eigenvalue weighted by Crippen LogP contribution is 2.54. The number of carboxylic acids is 1. The van der Waals surface area contributed by atoms with Crippen molar-refractivity contribution in [3.05, 3.63) is 47.3 Å². The van der Waals surface area contributed by atoms with Crippen LogP contribution in [0.25, 0.3) is 16.5 Å². The predicted molar refractivity (Wildman–Crippen MR) is 93.9 cm³/mol. The third-order valence-corrected chi connectivity index (χ3v) is 5.98. The highest BCUT2D eigenvalue weighted by atomic mass is 16.4. The SMILES string of the molecule is C[C@@H](O)[C@H]1C(=O)N2C(C(=O)O)=C3c4cc5ccccc5nc4CC[C@@H]3[C@H]12. The van der Waals surface area contributed by atoms with Crippen molar-refractivity contribution >= 4 is 28.4 Å². The number of β-lactam (4-membered cyclic amide) rings is 1. The molecule has 132 valence electrons. The van der Waals surface area contributed by atoms with Crippen molar-refractivity contribution < 1.29 is 19.8 Å². The lowest BCUT2D eigenvalue weighted by Gasteiger charge is -2.47. The van der Waals surface area contributed by atoms with Gasteiger partial charge in [-0.2, -0.15) is 0 Å². The minimum Gasteiger partial charge on any atom is -0.477 e. The Balaban J connectivity index is 1.73. The first-order valence-corrected chi connectivity index (χ1v) is 8.86. The highest BCUT2D eigenvalue weighted by Gasteiger charge is 2.61. The van der Waals surface area contributed by atoms with E-state index in [1.54, 1.807) is 6.92 Å². The quantitative estimate of drug-likeness (QED) is 0.806. The number of aromatic nitrogens is 1. The molecule has 0 saturated carbocycles. The Hall–Kier alpha value is -2.73. The van der Waals surface area contributed by atoms with Gasteiger partial charge in [0.15, 0.2) is 0 Å². The first-order chi connectivity index (χ1) is 12.5. The van der Waals surface area contributed by atoms with Crippen LogP contribution in [0.1, 0.15) is 24.6 Å². The summed E-state index contributed by atoms with van der Waals surface area (Å²) < 4.78 is 0. The first-order valence-electron chi connectivity index (χ1n) is 8.86. The van der Waals surface area contributed by atoms with E-state index in [-0.39, 0.29) is 23.6 Å². The van der Waals surface area contributed by atoms with E-state index in [9.17, 15) is 19.8 Å². The van der Waals surface area contributed by atoms with E-state index in [2.05, 4.69) is 0 Å². The second-order valence-corrected chi connectivity index (χ2v) is 7.35. The van der Waals surface area contributed by atoms with E-state index in [4.69, 9.17) is 4.98 Å². The number of benzene rings is 1. The topological polar surface area (TPSA) is 90.7 Å². The highest BCUT2D eigenvalue weighted by molar-refractivity contribution is 6.07. The fraction of sp³-hybridized carbons (Fsp3) is 0.350. The molecule has 0 radical (unpaired) electrons. The maximum absolute atomic E-state index is 12.5. The number of hydrogen-bond donors (Lipinski definition) is 2. The lowest BCUT2D eigenvalue weighted by molar-refractivity contribution is -0.163. The second kappa shape index (κ2) is 5.14. The summed E-state index contributed by atoms with van der Waals surface area (Å²) in [4.78, 5) is 30.7. The summed E-state index contributed by atoms with van der Waals surface area (Å²) in [6, 6.07) is 9.50. The smallest absolute Gasteiger partial charge is 0.352 e. The molecule has 26 heavy (non-hydrogen) atoms. The average molecular weight is 350 g/mol. The fourth-order valence-corrected chi connectivity index (χ4v) is 4.92. The summed E-state index contributed by atoms with van der Waals surface area (Å²) in [5.41, 5.74) is 3.39. The summed E-state index contributed by atoms with van der Waals surface area (Å²) >= 11 is 0. The van der Waals surface area contributed by atoms with Crippen molar-refractivity contribution in [3.63, 3.8) is 0 Å². The summed E-state index contributed by atoms with van der Waals surface area (Å²) in [5, 5.41) is 20.8. The van der Waals surface area contributed by atoms with Crippen molar-refractivity contribution in [1.29, 1.82) is 0 Å². The lowest BCUT2D eigenvalue weighted by Crippen LogP contribution is -2.64. The molecule has 5 rings (SSSR count). The molecule has 6 nitrogen and oxygen atoms in total. The van der Waals surface area contributed by atoms with Crippen LogP contribution in [0.15, 0.2) is 36.0 Å². The number of carbonyl (C=O) groups is 2. The zero-order valence-corrected chi connectivity index (χ0v) is 14.2. The number of aryl methyl sites for hydroxylation is 1. The number of aliphatic hydroxyl groups excluding tert-OH is 1. The molecule has 6 heteroatoms. The van der Waals surface area contributed by atoms with E-state index in [1.165, 1.54) is 4.90 Å². The Kier molecular flexibility index (Phi) is 3.07. The number of carbonyl (C=O) groups excluding carboxylic acids is 1. The molecule has 3 heterocycles. The van der Waals surface area contributed by atoms with E-state index in [0.717, 1.165) is 35.0 Å². The number of hydrogen-bond acceptors (Lipinski definition) is 4. The number of aliphatic hydroxyl groups is 1. The van der Waals surface area contributed by atoms with E-state index in [1.807, 2.05) is 30.3 Å². The Morgan fingerprint density at radius 1 is 1.35 bits per heavy atom. The molecular weight excluding hydrogens is 332 g/mol. The van der Waals surface area contributed by atoms with Crippen LogP contribution in [0.3, 0.4) is 0 Å². The third kappa shape index (κ3) is 1.82. The minimum absolute atomic E-state index is 0.0612. The molecule has 0 bridgehead atoms. The molecule has 1 aromatic heterocycles. The minimum atomic E-state index is -1.09. The third-order valence-electron chi connectivity index (χ3n) is 5.98. The number of aliphatic carboxylic acids is 1. The van der Waals surface area contributed by atoms with E-state index >= 15 is 0 Å². The molecule has 1 amide bonds. The van der Waals surface area contributed by atoms with Crippen LogP contribution >= 0.6 is 0 Å². The Bertz CT molecular complexity index is 1010. The molecule has 2 aromatic rings. The van der Waals surface area contributed by atoms with Gasteiger partial charge in [0.05, 0.1) is 23.6 Å². The van der Waals surface area contributed by atoms with E-state index < -0.39 is 18.0 Å². The van der Waals surface area contributed by atoms with Gasteiger partial charge >= 0.3 is 5.97 Å². The zero-order chi connectivity index (χ0) is 18.2. The number of rotatable bonds is 2. The van der Waals surface area contributed by atoms with Gasteiger partial charge in [0.1, 0.15) is 5.70 Å². The number of pyridine rings is 1. The van der Waals surface area contributed by atoms with Crippen LogP contribution in [0.4, 0.5) is 0 Å². The van der Waals surface area contributed by atoms with Crippen molar-refractivity contribution in [2.75, 3.05) is 0 Å². The van der Waals surface area contributed by atoms with Gasteiger partial charge in [0, 0.05) is 22.6 Å². The molecule has 1 aromatic carbocycles. The van der Waals surface area contributed by atoms with Gasteiger partial charge in [-0.25, -0.2) is 4.79 Å². The second-order valence-electron chi connectivity index (χ2n) is 7.35. The van der Waals surface area contributed by atoms with Crippen LogP contribution in [0.5, 0.6) is 0 Å². The fourth-order valence-electron chi connectivity index (χ4n) is 4.92. The van der Waals surface area contributed by atoms with Gasteiger partial charge in [0.2, 0.25) is 5.91 Å². The molecule has 3 aliphatic rings. The van der Waals surface area contributed by atoms with Gasteiger partial charge < -0.3 is 15.1 Å². The summed E-state index contributed by atoms with van der Waals surface area (Å²) in [5.74, 6) is -1.97. The molecule has 1 fully saturated rings. The molecule has 1 aliphatic carbocycles. The van der Waals surface area contributed by atoms with Crippen molar-refractivity contribution in [2.24, 2.45) is 11.8 Å². The normalized spacial score (nSPS) is 27.7. The van der Waals surface area contributed by atoms with Crippen LogP contribution in [-0.2, 0) is 16.0 Å². The molecule has 2 N–H and O–H groups in total. The summed E-state index contributed by atoms with van der Waals surface area (Å²) in [7, 11) is 0. The number of carboxylic acid groups (broad SMARTS) is 1. The molecule has 1 saturated heterocycles. The lowest BCUT2D eigenvalue weighted by atomic mass is 9.71. The monoisotopic (exact) mass is 350 g/mol.